The minimum absolute atomic E-state index is 0.0129. The van der Waals surface area contributed by atoms with Crippen molar-refractivity contribution in [3.05, 3.63) is 12.2 Å². The van der Waals surface area contributed by atoms with Gasteiger partial charge in [-0.1, -0.05) is 32.9 Å². The summed E-state index contributed by atoms with van der Waals surface area (Å²) >= 11 is 0. The summed E-state index contributed by atoms with van der Waals surface area (Å²) < 4.78 is 12.4. The maximum absolute atomic E-state index is 12.4. The molecule has 0 aromatic rings. The normalized spacial score (nSPS) is 23.6. The van der Waals surface area contributed by atoms with Gasteiger partial charge in [0, 0.05) is 17.5 Å². The molecule has 0 unspecified atom stereocenters. The van der Waals surface area contributed by atoms with Gasteiger partial charge in [-0.2, -0.15) is 0 Å². The van der Waals surface area contributed by atoms with Crippen LogP contribution in [0.25, 0.3) is 0 Å². The lowest BCUT2D eigenvalue weighted by Crippen LogP contribution is -2.18. The molecule has 0 atom stereocenters. The molecule has 2 heteroatoms. The summed E-state index contributed by atoms with van der Waals surface area (Å²) in [5.41, 5.74) is 0. The van der Waals surface area contributed by atoms with Gasteiger partial charge in [0.25, 0.3) is 0 Å². The first-order chi connectivity index (χ1) is 5.46. The Hall–Kier alpha value is -0.0300. The summed E-state index contributed by atoms with van der Waals surface area (Å²) in [6.45, 7) is 6.33. The van der Waals surface area contributed by atoms with Crippen LogP contribution in [0.1, 0.15) is 33.6 Å². The van der Waals surface area contributed by atoms with Crippen LogP contribution in [0.2, 0.25) is 0 Å². The summed E-state index contributed by atoms with van der Waals surface area (Å²) in [6, 6.07) is 0. The number of hydrogen-bond acceptors (Lipinski definition) is 1. The van der Waals surface area contributed by atoms with Gasteiger partial charge in [-0.05, 0) is 12.8 Å². The van der Waals surface area contributed by atoms with Crippen molar-refractivity contribution in [1.29, 1.82) is 0 Å². The average Bonchev–Trinajstić information content (AvgIpc) is 2.12. The lowest BCUT2D eigenvalue weighted by atomic mass is 10.3. The monoisotopic (exact) mass is 186 g/mol. The standard InChI is InChI=1S/C10H19OP/c1-10(2,3)12(11)8-6-4-5-7-9-12/h4-5H,6-9H2,1-3H3. The van der Waals surface area contributed by atoms with Gasteiger partial charge in [-0.25, -0.2) is 0 Å². The molecular formula is C10H19OP. The first-order valence-corrected chi connectivity index (χ1v) is 6.77. The van der Waals surface area contributed by atoms with Gasteiger partial charge in [-0.15, -0.1) is 0 Å². The second kappa shape index (κ2) is 3.38. The summed E-state index contributed by atoms with van der Waals surface area (Å²) in [6.07, 6.45) is 8.18. The third-order valence-corrected chi connectivity index (χ3v) is 7.11. The van der Waals surface area contributed by atoms with E-state index in [0.29, 0.717) is 0 Å². The summed E-state index contributed by atoms with van der Waals surface area (Å²) in [5, 5.41) is 0.0129. The van der Waals surface area contributed by atoms with E-state index in [0.717, 1.165) is 25.2 Å². The summed E-state index contributed by atoms with van der Waals surface area (Å²) in [5.74, 6) is 0. The Morgan fingerprint density at radius 3 is 1.83 bits per heavy atom. The highest BCUT2D eigenvalue weighted by molar-refractivity contribution is 7.65. The van der Waals surface area contributed by atoms with E-state index in [4.69, 9.17) is 0 Å². The highest BCUT2D eigenvalue weighted by Crippen LogP contribution is 2.59. The smallest absolute Gasteiger partial charge is 0.0933 e. The molecule has 0 saturated heterocycles. The molecule has 0 spiro atoms. The van der Waals surface area contributed by atoms with Gasteiger partial charge in [0.1, 0.15) is 0 Å². The zero-order chi connectivity index (χ0) is 9.24. The predicted molar refractivity (Wildman–Crippen MR) is 55.5 cm³/mol. The van der Waals surface area contributed by atoms with Crippen molar-refractivity contribution in [3.63, 3.8) is 0 Å². The van der Waals surface area contributed by atoms with Gasteiger partial charge >= 0.3 is 0 Å². The molecule has 1 aliphatic rings. The molecule has 0 bridgehead atoms. The predicted octanol–water partition coefficient (Wildman–Crippen LogP) is 3.50. The van der Waals surface area contributed by atoms with Gasteiger partial charge in [-0.3, -0.25) is 0 Å². The first kappa shape index (κ1) is 10.1. The maximum Gasteiger partial charge on any atom is 0.0933 e. The minimum Gasteiger partial charge on any atom is -0.323 e. The average molecular weight is 186 g/mol. The topological polar surface area (TPSA) is 17.1 Å². The molecule has 1 rings (SSSR count). The van der Waals surface area contributed by atoms with Crippen LogP contribution in [0, 0.1) is 0 Å². The van der Waals surface area contributed by atoms with Crippen molar-refractivity contribution >= 4 is 7.14 Å². The van der Waals surface area contributed by atoms with Crippen molar-refractivity contribution in [3.8, 4) is 0 Å². The van der Waals surface area contributed by atoms with Crippen LogP contribution < -0.4 is 0 Å². The van der Waals surface area contributed by atoms with E-state index in [9.17, 15) is 4.57 Å². The van der Waals surface area contributed by atoms with Crippen LogP contribution in [-0.4, -0.2) is 17.5 Å². The van der Waals surface area contributed by atoms with E-state index in [-0.39, 0.29) is 5.16 Å². The maximum atomic E-state index is 12.4. The van der Waals surface area contributed by atoms with Crippen molar-refractivity contribution in [2.45, 2.75) is 38.8 Å². The van der Waals surface area contributed by atoms with E-state index in [1.54, 1.807) is 0 Å². The van der Waals surface area contributed by atoms with Crippen molar-refractivity contribution in [1.82, 2.24) is 0 Å². The summed E-state index contributed by atoms with van der Waals surface area (Å²) in [4.78, 5) is 0. The molecule has 0 fully saturated rings. The summed E-state index contributed by atoms with van der Waals surface area (Å²) in [7, 11) is -1.90. The largest absolute Gasteiger partial charge is 0.323 e. The van der Waals surface area contributed by atoms with Gasteiger partial charge in [0.2, 0.25) is 0 Å². The molecule has 0 N–H and O–H groups in total. The molecule has 1 heterocycles. The zero-order valence-corrected chi connectivity index (χ0v) is 9.23. The Kier molecular flexibility index (Phi) is 2.83. The molecule has 12 heavy (non-hydrogen) atoms. The van der Waals surface area contributed by atoms with Crippen LogP contribution in [-0.2, 0) is 4.57 Å². The van der Waals surface area contributed by atoms with Crippen LogP contribution in [0.5, 0.6) is 0 Å². The van der Waals surface area contributed by atoms with E-state index in [2.05, 4.69) is 32.9 Å². The van der Waals surface area contributed by atoms with Gasteiger partial charge < -0.3 is 4.57 Å². The van der Waals surface area contributed by atoms with Crippen molar-refractivity contribution in [2.24, 2.45) is 0 Å². The van der Waals surface area contributed by atoms with Crippen molar-refractivity contribution < 1.29 is 4.57 Å². The second-order valence-corrected chi connectivity index (χ2v) is 8.57. The third-order valence-electron chi connectivity index (χ3n) is 2.70. The zero-order valence-electron chi connectivity index (χ0n) is 8.34. The van der Waals surface area contributed by atoms with Crippen LogP contribution >= 0.6 is 7.14 Å². The van der Waals surface area contributed by atoms with E-state index in [1.165, 1.54) is 0 Å². The van der Waals surface area contributed by atoms with E-state index >= 15 is 0 Å². The Balaban J connectivity index is 2.78. The lowest BCUT2D eigenvalue weighted by molar-refractivity contribution is 0.548. The number of rotatable bonds is 0. The quantitative estimate of drug-likeness (QED) is 0.418. The minimum atomic E-state index is -1.90. The first-order valence-electron chi connectivity index (χ1n) is 4.69. The van der Waals surface area contributed by atoms with Gasteiger partial charge in [0.15, 0.2) is 0 Å². The molecule has 0 saturated carbocycles. The molecule has 70 valence electrons. The molecule has 1 nitrogen and oxygen atoms in total. The van der Waals surface area contributed by atoms with Gasteiger partial charge in [0.05, 0.1) is 7.14 Å². The second-order valence-electron chi connectivity index (χ2n) is 4.56. The Morgan fingerprint density at radius 2 is 1.50 bits per heavy atom. The molecule has 0 amide bonds. The van der Waals surface area contributed by atoms with Crippen molar-refractivity contribution in [2.75, 3.05) is 12.3 Å². The molecule has 1 aliphatic heterocycles. The third kappa shape index (κ3) is 2.01. The highest BCUT2D eigenvalue weighted by atomic mass is 31.2. The SMILES string of the molecule is CC(C)(C)P1(=O)CCC=CCC1. The fraction of sp³-hybridized carbons (Fsp3) is 0.800. The number of hydrogen-bond donors (Lipinski definition) is 0. The van der Waals surface area contributed by atoms with Crippen LogP contribution in [0.3, 0.4) is 0 Å². The highest BCUT2D eigenvalue weighted by Gasteiger charge is 2.35. The molecule has 0 aromatic heterocycles. The van der Waals surface area contributed by atoms with E-state index < -0.39 is 7.14 Å². The molecule has 0 aromatic carbocycles. The number of allylic oxidation sites excluding steroid dienone is 2. The molecular weight excluding hydrogens is 167 g/mol. The Bertz CT molecular complexity index is 208. The molecule has 0 aliphatic carbocycles. The van der Waals surface area contributed by atoms with E-state index in [1.807, 2.05) is 0 Å². The van der Waals surface area contributed by atoms with Crippen LogP contribution in [0.4, 0.5) is 0 Å². The fourth-order valence-corrected chi connectivity index (χ4v) is 4.28. The van der Waals surface area contributed by atoms with Crippen LogP contribution in [0.15, 0.2) is 12.2 Å². The fourth-order valence-electron chi connectivity index (χ4n) is 1.58. The molecule has 0 radical (unpaired) electrons. The Morgan fingerprint density at radius 1 is 1.08 bits per heavy atom. The lowest BCUT2D eigenvalue weighted by Gasteiger charge is -2.30. The Labute approximate surface area is 75.6 Å².